The van der Waals surface area contributed by atoms with Crippen molar-refractivity contribution in [2.75, 3.05) is 0 Å². The highest BCUT2D eigenvalue weighted by molar-refractivity contribution is 7.16. The first-order valence-electron chi connectivity index (χ1n) is 9.51. The molecule has 0 bridgehead atoms. The fourth-order valence-corrected chi connectivity index (χ4v) is 5.24. The van der Waals surface area contributed by atoms with E-state index in [9.17, 15) is 9.59 Å². The molecule has 6 heteroatoms. The van der Waals surface area contributed by atoms with E-state index in [2.05, 4.69) is 5.32 Å². The van der Waals surface area contributed by atoms with E-state index in [1.165, 1.54) is 22.7 Å². The van der Waals surface area contributed by atoms with Crippen LogP contribution >= 0.6 is 22.7 Å². The molecule has 0 fully saturated rings. The lowest BCUT2D eigenvalue weighted by Gasteiger charge is -2.27. The number of fused-ring (bicyclic) bond motifs is 2. The molecule has 0 spiro atoms. The van der Waals surface area contributed by atoms with Crippen LogP contribution in [0.1, 0.15) is 36.5 Å². The summed E-state index contributed by atoms with van der Waals surface area (Å²) in [4.78, 5) is 28.0. The van der Waals surface area contributed by atoms with Gasteiger partial charge in [0.2, 0.25) is 11.7 Å². The van der Waals surface area contributed by atoms with Gasteiger partial charge in [0.05, 0.1) is 22.2 Å². The highest BCUT2D eigenvalue weighted by Crippen LogP contribution is 2.43. The molecule has 2 aromatic heterocycles. The Bertz CT molecular complexity index is 1180. The standard InChI is InChI=1S/C24H17NO3S2/c26-23(20-10-5-13-29-20)21-12-11-15(30-21)14-25-24(27)22-16-6-1-3-8-18(16)28-19-9-4-2-7-17(19)22/h1-13,22H,14H2,(H,25,27). The predicted octanol–water partition coefficient (Wildman–Crippen LogP) is 5.59. The summed E-state index contributed by atoms with van der Waals surface area (Å²) in [5.74, 6) is 0.920. The van der Waals surface area contributed by atoms with Gasteiger partial charge in [-0.2, -0.15) is 0 Å². The lowest BCUT2D eigenvalue weighted by molar-refractivity contribution is -0.122. The molecule has 5 rings (SSSR count). The van der Waals surface area contributed by atoms with Gasteiger partial charge in [0.1, 0.15) is 11.5 Å². The Labute approximate surface area is 181 Å². The van der Waals surface area contributed by atoms with Crippen LogP contribution in [0.15, 0.2) is 78.2 Å². The number of amides is 1. The SMILES string of the molecule is O=C(c1cccs1)c1ccc(CNC(=O)C2c3ccccc3Oc3ccccc32)s1. The number of carbonyl (C=O) groups excluding carboxylic acids is 2. The maximum Gasteiger partial charge on any atom is 0.232 e. The summed E-state index contributed by atoms with van der Waals surface area (Å²) in [6.07, 6.45) is 0. The van der Waals surface area contributed by atoms with Crippen molar-refractivity contribution < 1.29 is 14.3 Å². The van der Waals surface area contributed by atoms with Gasteiger partial charge in [0.15, 0.2) is 0 Å². The highest BCUT2D eigenvalue weighted by atomic mass is 32.1. The van der Waals surface area contributed by atoms with E-state index in [1.807, 2.05) is 78.2 Å². The summed E-state index contributed by atoms with van der Waals surface area (Å²) < 4.78 is 5.97. The lowest BCUT2D eigenvalue weighted by atomic mass is 9.87. The van der Waals surface area contributed by atoms with E-state index in [-0.39, 0.29) is 11.7 Å². The fourth-order valence-electron chi connectivity index (χ4n) is 3.59. The van der Waals surface area contributed by atoms with E-state index >= 15 is 0 Å². The van der Waals surface area contributed by atoms with Crippen molar-refractivity contribution in [3.8, 4) is 11.5 Å². The number of para-hydroxylation sites is 2. The molecule has 0 saturated heterocycles. The summed E-state index contributed by atoms with van der Waals surface area (Å²) in [5, 5.41) is 4.94. The van der Waals surface area contributed by atoms with Gasteiger partial charge in [-0.1, -0.05) is 42.5 Å². The van der Waals surface area contributed by atoms with Gasteiger partial charge < -0.3 is 10.1 Å². The van der Waals surface area contributed by atoms with Crippen molar-refractivity contribution in [3.63, 3.8) is 0 Å². The van der Waals surface area contributed by atoms with Crippen LogP contribution in [0.25, 0.3) is 0 Å². The summed E-state index contributed by atoms with van der Waals surface area (Å²) >= 11 is 2.85. The van der Waals surface area contributed by atoms with Crippen molar-refractivity contribution >= 4 is 34.4 Å². The van der Waals surface area contributed by atoms with Gasteiger partial charge in [0, 0.05) is 16.0 Å². The van der Waals surface area contributed by atoms with Crippen LogP contribution in [0.4, 0.5) is 0 Å². The first-order valence-corrected chi connectivity index (χ1v) is 11.2. The molecule has 1 aliphatic heterocycles. The van der Waals surface area contributed by atoms with E-state index < -0.39 is 5.92 Å². The van der Waals surface area contributed by atoms with Crippen molar-refractivity contribution in [2.45, 2.75) is 12.5 Å². The third-order valence-corrected chi connectivity index (χ3v) is 6.96. The monoisotopic (exact) mass is 431 g/mol. The second-order valence-electron chi connectivity index (χ2n) is 6.90. The van der Waals surface area contributed by atoms with Gasteiger partial charge in [0.25, 0.3) is 0 Å². The number of hydrogen-bond acceptors (Lipinski definition) is 5. The van der Waals surface area contributed by atoms with Crippen molar-refractivity contribution in [3.05, 3.63) is 104 Å². The summed E-state index contributed by atoms with van der Waals surface area (Å²) in [6.45, 7) is 0.378. The lowest BCUT2D eigenvalue weighted by Crippen LogP contribution is -2.31. The van der Waals surface area contributed by atoms with Crippen LogP contribution < -0.4 is 10.1 Å². The van der Waals surface area contributed by atoms with Gasteiger partial charge in [-0.3, -0.25) is 9.59 Å². The van der Waals surface area contributed by atoms with Crippen molar-refractivity contribution in [1.29, 1.82) is 0 Å². The summed E-state index contributed by atoms with van der Waals surface area (Å²) in [5.41, 5.74) is 1.71. The molecule has 1 amide bonds. The zero-order chi connectivity index (χ0) is 20.5. The summed E-state index contributed by atoms with van der Waals surface area (Å²) in [6, 6.07) is 22.7. The maximum atomic E-state index is 13.2. The minimum absolute atomic E-state index is 0.0276. The second-order valence-corrected chi connectivity index (χ2v) is 9.02. The molecule has 2 aromatic carbocycles. The highest BCUT2D eigenvalue weighted by Gasteiger charge is 2.32. The Balaban J connectivity index is 1.35. The van der Waals surface area contributed by atoms with E-state index in [1.54, 1.807) is 0 Å². The van der Waals surface area contributed by atoms with Crippen molar-refractivity contribution in [2.24, 2.45) is 0 Å². The van der Waals surface area contributed by atoms with Crippen LogP contribution in [-0.2, 0) is 11.3 Å². The molecule has 3 heterocycles. The number of ketones is 1. The Morgan fingerprint density at radius 3 is 2.20 bits per heavy atom. The van der Waals surface area contributed by atoms with Crippen LogP contribution in [0, 0.1) is 0 Å². The number of nitrogens with one attached hydrogen (secondary N) is 1. The molecular formula is C24H17NO3S2. The fraction of sp³-hybridized carbons (Fsp3) is 0.0833. The predicted molar refractivity (Wildman–Crippen MR) is 119 cm³/mol. The molecule has 30 heavy (non-hydrogen) atoms. The Kier molecular flexibility index (Phi) is 4.94. The summed E-state index contributed by atoms with van der Waals surface area (Å²) in [7, 11) is 0. The van der Waals surface area contributed by atoms with Gasteiger partial charge in [-0.25, -0.2) is 0 Å². The quantitative estimate of drug-likeness (QED) is 0.419. The minimum atomic E-state index is -0.432. The number of hydrogen-bond donors (Lipinski definition) is 1. The average Bonchev–Trinajstić information content (AvgIpc) is 3.48. The molecule has 0 saturated carbocycles. The van der Waals surface area contributed by atoms with Crippen LogP contribution in [0.5, 0.6) is 11.5 Å². The Morgan fingerprint density at radius 2 is 1.53 bits per heavy atom. The molecule has 0 unspecified atom stereocenters. The molecule has 4 aromatic rings. The molecule has 0 aliphatic carbocycles. The van der Waals surface area contributed by atoms with E-state index in [0.29, 0.717) is 22.9 Å². The van der Waals surface area contributed by atoms with Crippen LogP contribution in [0.2, 0.25) is 0 Å². The number of ether oxygens (including phenoxy) is 1. The topological polar surface area (TPSA) is 55.4 Å². The number of benzene rings is 2. The molecule has 4 nitrogen and oxygen atoms in total. The number of rotatable bonds is 5. The zero-order valence-corrected chi connectivity index (χ0v) is 17.5. The molecular weight excluding hydrogens is 414 g/mol. The van der Waals surface area contributed by atoms with E-state index in [0.717, 1.165) is 20.9 Å². The van der Waals surface area contributed by atoms with Gasteiger partial charge in [-0.15, -0.1) is 22.7 Å². The third kappa shape index (κ3) is 3.44. The number of thiophene rings is 2. The minimum Gasteiger partial charge on any atom is -0.457 e. The smallest absolute Gasteiger partial charge is 0.232 e. The second kappa shape index (κ2) is 7.89. The average molecular weight is 432 g/mol. The first kappa shape index (κ1) is 18.8. The number of carbonyl (C=O) groups is 2. The zero-order valence-electron chi connectivity index (χ0n) is 15.8. The van der Waals surface area contributed by atoms with E-state index in [4.69, 9.17) is 4.74 Å². The normalized spacial score (nSPS) is 12.5. The maximum absolute atomic E-state index is 13.2. The van der Waals surface area contributed by atoms with Gasteiger partial charge >= 0.3 is 0 Å². The van der Waals surface area contributed by atoms with Gasteiger partial charge in [-0.05, 0) is 35.7 Å². The molecule has 1 N–H and O–H groups in total. The van der Waals surface area contributed by atoms with Crippen LogP contribution in [0.3, 0.4) is 0 Å². The van der Waals surface area contributed by atoms with Crippen molar-refractivity contribution in [1.82, 2.24) is 5.32 Å². The molecule has 0 atom stereocenters. The van der Waals surface area contributed by atoms with Crippen LogP contribution in [-0.4, -0.2) is 11.7 Å². The molecule has 148 valence electrons. The molecule has 0 radical (unpaired) electrons. The third-order valence-electron chi connectivity index (χ3n) is 5.01. The largest absolute Gasteiger partial charge is 0.457 e. The Morgan fingerprint density at radius 1 is 0.833 bits per heavy atom. The first-order chi connectivity index (χ1) is 14.7. The molecule has 1 aliphatic rings. The Hall–Kier alpha value is -3.22.